The molecule has 4 nitrogen and oxygen atoms in total. The number of rotatable bonds is 4. The van der Waals surface area contributed by atoms with Crippen LogP contribution in [0.25, 0.3) is 9.88 Å². The van der Waals surface area contributed by atoms with Crippen molar-refractivity contribution in [2.45, 2.75) is 6.42 Å². The molecule has 0 radical (unpaired) electrons. The zero-order valence-corrected chi connectivity index (χ0v) is 12.0. The van der Waals surface area contributed by atoms with E-state index in [9.17, 15) is 0 Å². The van der Waals surface area contributed by atoms with Crippen LogP contribution in [0.4, 0.5) is 5.13 Å². The Kier molecular flexibility index (Phi) is 3.52. The lowest BCUT2D eigenvalue weighted by molar-refractivity contribution is 1.09. The summed E-state index contributed by atoms with van der Waals surface area (Å²) < 4.78 is 0. The van der Waals surface area contributed by atoms with Gasteiger partial charge in [0.15, 0.2) is 5.01 Å². The lowest BCUT2D eigenvalue weighted by Crippen LogP contribution is -1.84. The monoisotopic (exact) mass is 288 g/mol. The first-order valence-corrected chi connectivity index (χ1v) is 7.48. The molecule has 0 saturated carbocycles. The van der Waals surface area contributed by atoms with Gasteiger partial charge in [0.05, 0.1) is 9.88 Å². The summed E-state index contributed by atoms with van der Waals surface area (Å²) in [5, 5.41) is 14.0. The highest BCUT2D eigenvalue weighted by atomic mass is 32.1. The SMILES string of the molecule is CNc1nnc(-c2cnc(Cc3ccccc3)s2)s1. The molecule has 0 amide bonds. The normalized spacial score (nSPS) is 10.6. The highest BCUT2D eigenvalue weighted by molar-refractivity contribution is 7.23. The molecule has 3 rings (SSSR count). The second-order valence-corrected chi connectivity index (χ2v) is 6.04. The Morgan fingerprint density at radius 3 is 2.68 bits per heavy atom. The maximum absolute atomic E-state index is 4.46. The van der Waals surface area contributed by atoms with Crippen LogP contribution in [0.2, 0.25) is 0 Å². The molecule has 0 unspecified atom stereocenters. The predicted molar refractivity (Wildman–Crippen MR) is 79.8 cm³/mol. The molecular formula is C13H12N4S2. The second-order valence-electron chi connectivity index (χ2n) is 3.94. The number of hydrogen-bond acceptors (Lipinski definition) is 6. The van der Waals surface area contributed by atoms with Gasteiger partial charge in [0.1, 0.15) is 0 Å². The van der Waals surface area contributed by atoms with Crippen LogP contribution in [0.5, 0.6) is 0 Å². The topological polar surface area (TPSA) is 50.7 Å². The van der Waals surface area contributed by atoms with Crippen LogP contribution >= 0.6 is 22.7 Å². The zero-order chi connectivity index (χ0) is 13.1. The first kappa shape index (κ1) is 12.3. The van der Waals surface area contributed by atoms with E-state index in [1.165, 1.54) is 5.56 Å². The second kappa shape index (κ2) is 5.46. The minimum Gasteiger partial charge on any atom is -0.363 e. The van der Waals surface area contributed by atoms with Crippen LogP contribution in [0.3, 0.4) is 0 Å². The maximum atomic E-state index is 4.46. The van der Waals surface area contributed by atoms with Gasteiger partial charge in [0.2, 0.25) is 5.13 Å². The highest BCUT2D eigenvalue weighted by Crippen LogP contribution is 2.31. The average molecular weight is 288 g/mol. The van der Waals surface area contributed by atoms with Crippen molar-refractivity contribution in [3.8, 4) is 9.88 Å². The summed E-state index contributed by atoms with van der Waals surface area (Å²) in [7, 11) is 1.85. The largest absolute Gasteiger partial charge is 0.363 e. The molecule has 1 aromatic carbocycles. The molecule has 6 heteroatoms. The molecule has 0 aliphatic carbocycles. The molecule has 0 atom stereocenters. The minimum absolute atomic E-state index is 0.827. The smallest absolute Gasteiger partial charge is 0.205 e. The molecule has 0 bridgehead atoms. The average Bonchev–Trinajstić information content (AvgIpc) is 3.08. The van der Waals surface area contributed by atoms with Gasteiger partial charge in [-0.3, -0.25) is 0 Å². The third-order valence-corrected chi connectivity index (χ3v) is 4.71. The van der Waals surface area contributed by atoms with Crippen molar-refractivity contribution >= 4 is 27.8 Å². The molecular weight excluding hydrogens is 276 g/mol. The van der Waals surface area contributed by atoms with Crippen LogP contribution < -0.4 is 5.32 Å². The van der Waals surface area contributed by atoms with Gasteiger partial charge in [0, 0.05) is 19.7 Å². The van der Waals surface area contributed by atoms with E-state index in [0.29, 0.717) is 0 Å². The Morgan fingerprint density at radius 2 is 1.95 bits per heavy atom. The van der Waals surface area contributed by atoms with Crippen molar-refractivity contribution in [2.24, 2.45) is 0 Å². The van der Waals surface area contributed by atoms with E-state index in [1.54, 1.807) is 22.7 Å². The molecule has 0 saturated heterocycles. The number of aromatic nitrogens is 3. The number of benzene rings is 1. The van der Waals surface area contributed by atoms with E-state index < -0.39 is 0 Å². The van der Waals surface area contributed by atoms with E-state index in [4.69, 9.17) is 0 Å². The molecule has 3 aromatic rings. The van der Waals surface area contributed by atoms with Crippen LogP contribution in [-0.4, -0.2) is 22.2 Å². The molecule has 0 aliphatic rings. The molecule has 2 aromatic heterocycles. The Bertz CT molecular complexity index is 660. The molecule has 0 spiro atoms. The van der Waals surface area contributed by atoms with Gasteiger partial charge in [-0.15, -0.1) is 21.5 Å². The first-order valence-electron chi connectivity index (χ1n) is 5.85. The standard InChI is InChI=1S/C13H12N4S2/c1-14-13-17-16-12(19-13)10-8-15-11(18-10)7-9-5-3-2-4-6-9/h2-6,8H,7H2,1H3,(H,14,17). The Hall–Kier alpha value is -1.79. The Balaban J connectivity index is 1.79. The molecule has 2 heterocycles. The van der Waals surface area contributed by atoms with E-state index in [-0.39, 0.29) is 0 Å². The van der Waals surface area contributed by atoms with Gasteiger partial charge in [-0.05, 0) is 5.56 Å². The fraction of sp³-hybridized carbons (Fsp3) is 0.154. The fourth-order valence-electron chi connectivity index (χ4n) is 1.69. The molecule has 0 fully saturated rings. The third-order valence-electron chi connectivity index (χ3n) is 2.60. The van der Waals surface area contributed by atoms with E-state index >= 15 is 0 Å². The number of anilines is 1. The van der Waals surface area contributed by atoms with Crippen LogP contribution in [-0.2, 0) is 6.42 Å². The van der Waals surface area contributed by atoms with Crippen LogP contribution in [0, 0.1) is 0 Å². The van der Waals surface area contributed by atoms with Crippen molar-refractivity contribution < 1.29 is 0 Å². The number of nitrogens with one attached hydrogen (secondary N) is 1. The minimum atomic E-state index is 0.827. The van der Waals surface area contributed by atoms with Crippen LogP contribution in [0.15, 0.2) is 36.5 Å². The summed E-state index contributed by atoms with van der Waals surface area (Å²) in [6, 6.07) is 10.4. The van der Waals surface area contributed by atoms with Crippen molar-refractivity contribution in [3.63, 3.8) is 0 Å². The van der Waals surface area contributed by atoms with Gasteiger partial charge < -0.3 is 5.32 Å². The van der Waals surface area contributed by atoms with E-state index in [2.05, 4.69) is 32.6 Å². The number of nitrogens with zero attached hydrogens (tertiary/aromatic N) is 3. The third kappa shape index (κ3) is 2.80. The van der Waals surface area contributed by atoms with Crippen LogP contribution in [0.1, 0.15) is 10.6 Å². The van der Waals surface area contributed by atoms with Crippen molar-refractivity contribution in [1.82, 2.24) is 15.2 Å². The lowest BCUT2D eigenvalue weighted by Gasteiger charge is -1.95. The number of hydrogen-bond donors (Lipinski definition) is 1. The van der Waals surface area contributed by atoms with E-state index in [0.717, 1.165) is 26.4 Å². The summed E-state index contributed by atoms with van der Waals surface area (Å²) in [6.45, 7) is 0. The van der Waals surface area contributed by atoms with Gasteiger partial charge in [-0.2, -0.15) is 0 Å². The molecule has 19 heavy (non-hydrogen) atoms. The summed E-state index contributed by atoms with van der Waals surface area (Å²) in [5.74, 6) is 0. The Morgan fingerprint density at radius 1 is 1.11 bits per heavy atom. The quantitative estimate of drug-likeness (QED) is 0.800. The Labute approximate surface area is 119 Å². The zero-order valence-electron chi connectivity index (χ0n) is 10.3. The van der Waals surface area contributed by atoms with Gasteiger partial charge >= 0.3 is 0 Å². The van der Waals surface area contributed by atoms with E-state index in [1.807, 2.05) is 31.4 Å². The van der Waals surface area contributed by atoms with Gasteiger partial charge in [-0.25, -0.2) is 4.98 Å². The summed E-state index contributed by atoms with van der Waals surface area (Å²) in [5.41, 5.74) is 1.27. The van der Waals surface area contributed by atoms with Gasteiger partial charge in [0.25, 0.3) is 0 Å². The van der Waals surface area contributed by atoms with Crippen molar-refractivity contribution in [1.29, 1.82) is 0 Å². The molecule has 1 N–H and O–H groups in total. The highest BCUT2D eigenvalue weighted by Gasteiger charge is 2.10. The van der Waals surface area contributed by atoms with Gasteiger partial charge in [-0.1, -0.05) is 41.7 Å². The number of thiazole rings is 1. The first-order chi connectivity index (χ1) is 9.35. The predicted octanol–water partition coefficient (Wildman–Crippen LogP) is 3.29. The summed E-state index contributed by atoms with van der Waals surface area (Å²) in [4.78, 5) is 5.53. The maximum Gasteiger partial charge on any atom is 0.205 e. The van der Waals surface area contributed by atoms with Crippen molar-refractivity contribution in [3.05, 3.63) is 47.1 Å². The fourth-order valence-corrected chi connectivity index (χ4v) is 3.37. The molecule has 96 valence electrons. The lowest BCUT2D eigenvalue weighted by atomic mass is 10.2. The van der Waals surface area contributed by atoms with Crippen molar-refractivity contribution in [2.75, 3.05) is 12.4 Å². The summed E-state index contributed by atoms with van der Waals surface area (Å²) in [6.07, 6.45) is 2.74. The summed E-state index contributed by atoms with van der Waals surface area (Å²) >= 11 is 3.22. The molecule has 0 aliphatic heterocycles.